The number of nitrogens with one attached hydrogen (secondary N) is 2. The number of benzene rings is 1. The molecule has 15 heteroatoms. The van der Waals surface area contributed by atoms with Gasteiger partial charge in [-0.25, -0.2) is 18.2 Å². The van der Waals surface area contributed by atoms with Crippen LogP contribution in [0.2, 0.25) is 0 Å². The lowest BCUT2D eigenvalue weighted by Crippen LogP contribution is -2.54. The van der Waals surface area contributed by atoms with Crippen LogP contribution in [-0.4, -0.2) is 79.7 Å². The number of amides is 4. The molecule has 2 aromatic rings. The average Bonchev–Trinajstić information content (AvgIpc) is 4.01. The zero-order valence-electron chi connectivity index (χ0n) is 29.3. The molecule has 276 valence electrons. The maximum absolute atomic E-state index is 14.1. The lowest BCUT2D eigenvalue weighted by Gasteiger charge is -2.26. The first-order chi connectivity index (χ1) is 24.3. The van der Waals surface area contributed by atoms with Gasteiger partial charge in [0.15, 0.2) is 0 Å². The van der Waals surface area contributed by atoms with Crippen molar-refractivity contribution in [2.75, 3.05) is 25.6 Å². The molecule has 0 saturated heterocycles. The van der Waals surface area contributed by atoms with Crippen LogP contribution >= 0.6 is 11.3 Å². The molecule has 5 rings (SSSR count). The summed E-state index contributed by atoms with van der Waals surface area (Å²) < 4.78 is 38.8. The number of nitrogens with zero attached hydrogens (tertiary/aromatic N) is 3. The first-order valence-electron chi connectivity index (χ1n) is 17.2. The van der Waals surface area contributed by atoms with E-state index >= 15 is 0 Å². The van der Waals surface area contributed by atoms with Crippen LogP contribution in [0.1, 0.15) is 62.1 Å². The molecule has 3 fully saturated rings. The summed E-state index contributed by atoms with van der Waals surface area (Å²) in [4.78, 5) is 62.8. The fourth-order valence-corrected chi connectivity index (χ4v) is 8.57. The number of carbonyl (C=O) groups is 4. The number of anilines is 1. The Bertz CT molecular complexity index is 1760. The van der Waals surface area contributed by atoms with E-state index in [2.05, 4.69) is 28.2 Å². The van der Waals surface area contributed by atoms with Gasteiger partial charge < -0.3 is 19.7 Å². The van der Waals surface area contributed by atoms with Crippen LogP contribution in [-0.2, 0) is 35.7 Å². The molecule has 0 aliphatic heterocycles. The highest BCUT2D eigenvalue weighted by molar-refractivity contribution is 7.91. The molecule has 3 saturated carbocycles. The van der Waals surface area contributed by atoms with E-state index < -0.39 is 62.6 Å². The highest BCUT2D eigenvalue weighted by Gasteiger charge is 2.62. The van der Waals surface area contributed by atoms with Crippen molar-refractivity contribution in [2.24, 2.45) is 17.8 Å². The van der Waals surface area contributed by atoms with Gasteiger partial charge in [-0.1, -0.05) is 18.2 Å². The molecule has 1 aromatic carbocycles. The summed E-state index contributed by atoms with van der Waals surface area (Å²) in [5.74, 6) is -3.43. The number of thiazole rings is 1. The number of hydrogen-bond acceptors (Lipinski definition) is 10. The maximum atomic E-state index is 14.1. The summed E-state index contributed by atoms with van der Waals surface area (Å²) in [6.07, 6.45) is 5.46. The number of hydrogen-bond donors (Lipinski definition) is 2. The second-order valence-corrected chi connectivity index (χ2v) is 16.6. The van der Waals surface area contributed by atoms with Gasteiger partial charge in [0.05, 0.1) is 47.1 Å². The second kappa shape index (κ2) is 16.0. The van der Waals surface area contributed by atoms with Crippen molar-refractivity contribution in [3.63, 3.8) is 0 Å². The monoisotopic (exact) mass is 741 g/mol. The van der Waals surface area contributed by atoms with Gasteiger partial charge in [-0.05, 0) is 70.4 Å². The molecule has 3 aliphatic carbocycles. The van der Waals surface area contributed by atoms with E-state index in [4.69, 9.17) is 9.47 Å². The standard InChI is InChI=1S/C36H47N5O8S2/c1-6-8-9-10-16-40(4)33(43)31-19-28(49-35(45)41(21-25-22-50-23(3)37-25)26-12-11-13-27(17-26)48-5)18-30(31)32(42)38-36(20-24(36)7-2)34(44)39-51(46,47)29-14-15-29/h6-7,11-13,17,22,24,28-31H,1-2,8-10,14-16,18-21H2,3-5H3,(H,38,42)(H,39,44). The van der Waals surface area contributed by atoms with E-state index in [1.165, 1.54) is 29.4 Å². The Kier molecular flexibility index (Phi) is 11.9. The van der Waals surface area contributed by atoms with Gasteiger partial charge in [-0.2, -0.15) is 0 Å². The van der Waals surface area contributed by atoms with Gasteiger partial charge in [0.2, 0.25) is 21.8 Å². The number of rotatable bonds is 17. The third-order valence-corrected chi connectivity index (χ3v) is 12.4. The van der Waals surface area contributed by atoms with E-state index in [1.54, 1.807) is 36.2 Å². The zero-order valence-corrected chi connectivity index (χ0v) is 31.0. The van der Waals surface area contributed by atoms with Crippen molar-refractivity contribution in [3.05, 3.63) is 65.7 Å². The van der Waals surface area contributed by atoms with Crippen LogP contribution in [0, 0.1) is 24.7 Å². The Morgan fingerprint density at radius 3 is 2.51 bits per heavy atom. The number of carbonyl (C=O) groups excluding carboxylic acids is 4. The molecule has 1 aromatic heterocycles. The minimum Gasteiger partial charge on any atom is -0.497 e. The number of sulfonamides is 1. The Morgan fingerprint density at radius 2 is 1.88 bits per heavy atom. The topological polar surface area (TPSA) is 164 Å². The summed E-state index contributed by atoms with van der Waals surface area (Å²) in [6.45, 7) is 9.96. The molecule has 2 N–H and O–H groups in total. The highest BCUT2D eigenvalue weighted by atomic mass is 32.2. The minimum atomic E-state index is -3.87. The Labute approximate surface area is 303 Å². The molecule has 0 bridgehead atoms. The van der Waals surface area contributed by atoms with Crippen molar-refractivity contribution in [1.29, 1.82) is 0 Å². The molecule has 13 nitrogen and oxygen atoms in total. The van der Waals surface area contributed by atoms with Crippen LogP contribution in [0.4, 0.5) is 10.5 Å². The lowest BCUT2D eigenvalue weighted by molar-refractivity contribution is -0.140. The fraction of sp³-hybridized carbons (Fsp3) is 0.528. The van der Waals surface area contributed by atoms with Gasteiger partial charge in [-0.15, -0.1) is 24.5 Å². The molecule has 5 atom stereocenters. The second-order valence-electron chi connectivity index (χ2n) is 13.6. The summed E-state index contributed by atoms with van der Waals surface area (Å²) in [5, 5.41) is 4.89. The number of ether oxygens (including phenoxy) is 2. The lowest BCUT2D eigenvalue weighted by atomic mass is 9.93. The predicted octanol–water partition coefficient (Wildman–Crippen LogP) is 4.48. The van der Waals surface area contributed by atoms with Gasteiger partial charge in [0.25, 0.3) is 5.91 Å². The number of aromatic nitrogens is 1. The van der Waals surface area contributed by atoms with Crippen molar-refractivity contribution in [1.82, 2.24) is 19.9 Å². The molecule has 4 amide bonds. The van der Waals surface area contributed by atoms with Gasteiger partial charge in [-0.3, -0.25) is 24.0 Å². The number of allylic oxidation sites excluding steroid dienone is 1. The van der Waals surface area contributed by atoms with Gasteiger partial charge >= 0.3 is 6.09 Å². The first kappa shape index (κ1) is 38.0. The first-order valence-corrected chi connectivity index (χ1v) is 19.6. The zero-order chi connectivity index (χ0) is 36.9. The van der Waals surface area contributed by atoms with Crippen LogP contribution < -0.4 is 19.7 Å². The largest absolute Gasteiger partial charge is 0.497 e. The van der Waals surface area contributed by atoms with E-state index in [0.717, 1.165) is 24.3 Å². The smallest absolute Gasteiger partial charge is 0.414 e. The molecular formula is C36H47N5O8S2. The fourth-order valence-electron chi connectivity index (χ4n) is 6.60. The molecule has 51 heavy (non-hydrogen) atoms. The Balaban J connectivity index is 1.36. The highest BCUT2D eigenvalue weighted by Crippen LogP contribution is 2.46. The normalized spacial score (nSPS) is 23.8. The molecular weight excluding hydrogens is 695 g/mol. The molecule has 0 spiro atoms. The Morgan fingerprint density at radius 1 is 1.14 bits per heavy atom. The van der Waals surface area contributed by atoms with Crippen LogP contribution in [0.5, 0.6) is 5.75 Å². The SMILES string of the molecule is C=CCCCCN(C)C(=O)C1CC(OC(=O)N(Cc2csc(C)n2)c2cccc(OC)c2)CC1C(=O)NC1(C(=O)NS(=O)(=O)C2CC2)CC1C=C. The molecule has 5 unspecified atom stereocenters. The maximum Gasteiger partial charge on any atom is 0.414 e. The number of aryl methyl sites for hydroxylation is 1. The minimum absolute atomic E-state index is 0.0247. The van der Waals surface area contributed by atoms with E-state index in [0.29, 0.717) is 36.5 Å². The molecule has 1 heterocycles. The van der Waals surface area contributed by atoms with Crippen LogP contribution in [0.3, 0.4) is 0 Å². The van der Waals surface area contributed by atoms with Gasteiger partial charge in [0.1, 0.15) is 17.4 Å². The quantitative estimate of drug-likeness (QED) is 0.176. The van der Waals surface area contributed by atoms with Crippen molar-refractivity contribution >= 4 is 50.9 Å². The van der Waals surface area contributed by atoms with E-state index in [1.807, 2.05) is 18.4 Å². The summed E-state index contributed by atoms with van der Waals surface area (Å²) in [6, 6.07) is 6.97. The average molecular weight is 742 g/mol. The summed E-state index contributed by atoms with van der Waals surface area (Å²) in [5.41, 5.74) is -0.322. The molecule has 0 radical (unpaired) electrons. The predicted molar refractivity (Wildman–Crippen MR) is 193 cm³/mol. The van der Waals surface area contributed by atoms with E-state index in [-0.39, 0.29) is 31.7 Å². The van der Waals surface area contributed by atoms with Crippen molar-refractivity contribution < 1.29 is 37.1 Å². The Hall–Kier alpha value is -4.24. The summed E-state index contributed by atoms with van der Waals surface area (Å²) in [7, 11) is -0.662. The number of methoxy groups -OCH3 is 1. The van der Waals surface area contributed by atoms with Gasteiger partial charge in [0, 0.05) is 31.0 Å². The number of unbranched alkanes of at least 4 members (excludes halogenated alkanes) is 2. The third-order valence-electron chi connectivity index (χ3n) is 9.79. The molecule has 3 aliphatic rings. The summed E-state index contributed by atoms with van der Waals surface area (Å²) >= 11 is 1.46. The van der Waals surface area contributed by atoms with Crippen LogP contribution in [0.25, 0.3) is 0 Å². The van der Waals surface area contributed by atoms with Crippen LogP contribution in [0.15, 0.2) is 55.0 Å². The third kappa shape index (κ3) is 8.98. The van der Waals surface area contributed by atoms with E-state index in [9.17, 15) is 27.6 Å². The van der Waals surface area contributed by atoms with Crippen molar-refractivity contribution in [2.45, 2.75) is 81.7 Å². The van der Waals surface area contributed by atoms with Crippen molar-refractivity contribution in [3.8, 4) is 5.75 Å².